The summed E-state index contributed by atoms with van der Waals surface area (Å²) in [5.74, 6) is 1.46. The van der Waals surface area contributed by atoms with Crippen LogP contribution in [-0.2, 0) is 9.47 Å². The molecule has 1 saturated heterocycles. The largest absolute Gasteiger partial charge is 0.497 e. The average molecular weight is 345 g/mol. The molecule has 25 heavy (non-hydrogen) atoms. The Morgan fingerprint density at radius 3 is 2.96 bits per heavy atom. The number of fused-ring (bicyclic) bond motifs is 2. The molecule has 1 aliphatic carbocycles. The maximum atomic E-state index is 12.8. The van der Waals surface area contributed by atoms with E-state index in [1.807, 2.05) is 19.1 Å². The summed E-state index contributed by atoms with van der Waals surface area (Å²) in [6.07, 6.45) is 1.18. The van der Waals surface area contributed by atoms with E-state index in [1.165, 1.54) is 0 Å². The third-order valence-electron chi connectivity index (χ3n) is 5.54. The van der Waals surface area contributed by atoms with Crippen molar-refractivity contribution < 1.29 is 23.4 Å². The molecule has 134 valence electrons. The van der Waals surface area contributed by atoms with E-state index < -0.39 is 0 Å². The molecule has 2 fully saturated rings. The molecule has 1 aliphatic heterocycles. The Labute approximate surface area is 146 Å². The standard InChI is InChI=1S/C19H23NO5/c1-10-12-5-4-11(23-3)8-15(12)25-17(10)19(21)20-16-13-6-7-24-18(13)14(16)9-22-2/h4-5,8,13-14,16,18H,6-7,9H2,1-3H3,(H,20,21)/t13-,14+,16+,18-/m0/s1. The monoisotopic (exact) mass is 345 g/mol. The average Bonchev–Trinajstić information content (AvgIpc) is 3.19. The molecular weight excluding hydrogens is 322 g/mol. The predicted molar refractivity (Wildman–Crippen MR) is 92.0 cm³/mol. The number of rotatable bonds is 5. The van der Waals surface area contributed by atoms with Crippen LogP contribution in [0.4, 0.5) is 0 Å². The van der Waals surface area contributed by atoms with Gasteiger partial charge in [-0.2, -0.15) is 0 Å². The lowest BCUT2D eigenvalue weighted by Crippen LogP contribution is -2.62. The molecule has 0 radical (unpaired) electrons. The summed E-state index contributed by atoms with van der Waals surface area (Å²) in [7, 11) is 3.29. The minimum Gasteiger partial charge on any atom is -0.497 e. The molecule has 1 amide bonds. The van der Waals surface area contributed by atoms with Crippen molar-refractivity contribution in [3.63, 3.8) is 0 Å². The lowest BCUT2D eigenvalue weighted by molar-refractivity contribution is -0.0811. The van der Waals surface area contributed by atoms with Gasteiger partial charge in [0.2, 0.25) is 0 Å². The van der Waals surface area contributed by atoms with E-state index >= 15 is 0 Å². The van der Waals surface area contributed by atoms with Crippen LogP contribution in [0.1, 0.15) is 22.5 Å². The quantitative estimate of drug-likeness (QED) is 0.902. The molecule has 0 unspecified atom stereocenters. The number of ether oxygens (including phenoxy) is 3. The van der Waals surface area contributed by atoms with Crippen molar-refractivity contribution in [2.45, 2.75) is 25.5 Å². The normalized spacial score (nSPS) is 27.8. The smallest absolute Gasteiger partial charge is 0.287 e. The first-order chi connectivity index (χ1) is 12.1. The summed E-state index contributed by atoms with van der Waals surface area (Å²) in [6.45, 7) is 3.25. The minimum absolute atomic E-state index is 0.0714. The second-order valence-corrected chi connectivity index (χ2v) is 6.82. The van der Waals surface area contributed by atoms with Crippen LogP contribution in [0.2, 0.25) is 0 Å². The second kappa shape index (κ2) is 6.35. The van der Waals surface area contributed by atoms with Crippen LogP contribution in [-0.4, -0.2) is 45.5 Å². The van der Waals surface area contributed by atoms with Gasteiger partial charge in [0, 0.05) is 48.6 Å². The van der Waals surface area contributed by atoms with E-state index in [1.54, 1.807) is 20.3 Å². The fourth-order valence-corrected chi connectivity index (χ4v) is 4.20. The van der Waals surface area contributed by atoms with Gasteiger partial charge in [0.15, 0.2) is 5.76 Å². The van der Waals surface area contributed by atoms with Crippen molar-refractivity contribution in [2.75, 3.05) is 27.4 Å². The minimum atomic E-state index is -0.177. The van der Waals surface area contributed by atoms with E-state index in [0.29, 0.717) is 29.6 Å². The molecule has 0 spiro atoms. The number of carbonyl (C=O) groups is 1. The van der Waals surface area contributed by atoms with Gasteiger partial charge < -0.3 is 23.9 Å². The lowest BCUT2D eigenvalue weighted by atomic mass is 9.67. The molecular formula is C19H23NO5. The number of methoxy groups -OCH3 is 2. The number of nitrogens with one attached hydrogen (secondary N) is 1. The number of hydrogen-bond donors (Lipinski definition) is 1. The van der Waals surface area contributed by atoms with E-state index in [-0.39, 0.29) is 24.0 Å². The Bertz CT molecular complexity index is 798. The molecule has 6 nitrogen and oxygen atoms in total. The predicted octanol–water partition coefficient (Wildman–Crippen LogP) is 2.53. The first kappa shape index (κ1) is 16.4. The number of amides is 1. The van der Waals surface area contributed by atoms with Gasteiger partial charge in [0.25, 0.3) is 5.91 Å². The van der Waals surface area contributed by atoms with Crippen LogP contribution in [0.15, 0.2) is 22.6 Å². The lowest BCUT2D eigenvalue weighted by Gasteiger charge is -2.47. The Kier molecular flexibility index (Phi) is 4.17. The van der Waals surface area contributed by atoms with Gasteiger partial charge in [-0.25, -0.2) is 0 Å². The number of carbonyl (C=O) groups excluding carboxylic acids is 1. The first-order valence-electron chi connectivity index (χ1n) is 8.62. The highest BCUT2D eigenvalue weighted by molar-refractivity contribution is 5.99. The Balaban J connectivity index is 1.56. The molecule has 1 N–H and O–H groups in total. The Morgan fingerprint density at radius 2 is 2.20 bits per heavy atom. The summed E-state index contributed by atoms with van der Waals surface area (Å²) < 4.78 is 22.1. The van der Waals surface area contributed by atoms with E-state index in [9.17, 15) is 4.79 Å². The van der Waals surface area contributed by atoms with Crippen LogP contribution < -0.4 is 10.1 Å². The van der Waals surface area contributed by atoms with Crippen molar-refractivity contribution in [1.82, 2.24) is 5.32 Å². The first-order valence-corrected chi connectivity index (χ1v) is 8.62. The maximum absolute atomic E-state index is 12.8. The number of aryl methyl sites for hydroxylation is 1. The van der Waals surface area contributed by atoms with E-state index in [4.69, 9.17) is 18.6 Å². The summed E-state index contributed by atoms with van der Waals surface area (Å²) in [5, 5.41) is 4.07. The van der Waals surface area contributed by atoms with Crippen LogP contribution in [0.5, 0.6) is 5.75 Å². The molecule has 0 bridgehead atoms. The van der Waals surface area contributed by atoms with Gasteiger partial charge in [-0.1, -0.05) is 0 Å². The summed E-state index contributed by atoms with van der Waals surface area (Å²) in [4.78, 5) is 12.8. The number of benzene rings is 1. The maximum Gasteiger partial charge on any atom is 0.287 e. The zero-order valence-electron chi connectivity index (χ0n) is 14.7. The molecule has 2 aliphatic rings. The Hall–Kier alpha value is -2.05. The molecule has 2 aromatic rings. The van der Waals surface area contributed by atoms with Gasteiger partial charge in [-0.15, -0.1) is 0 Å². The van der Waals surface area contributed by atoms with Gasteiger partial charge in [0.1, 0.15) is 11.3 Å². The van der Waals surface area contributed by atoms with Crippen LogP contribution >= 0.6 is 0 Å². The summed E-state index contributed by atoms with van der Waals surface area (Å²) in [6, 6.07) is 5.66. The van der Waals surface area contributed by atoms with Crippen molar-refractivity contribution in [2.24, 2.45) is 11.8 Å². The molecule has 2 heterocycles. The molecule has 1 aromatic heterocycles. The van der Waals surface area contributed by atoms with Crippen molar-refractivity contribution in [3.05, 3.63) is 29.5 Å². The van der Waals surface area contributed by atoms with Gasteiger partial charge >= 0.3 is 0 Å². The topological polar surface area (TPSA) is 69.9 Å². The highest BCUT2D eigenvalue weighted by Gasteiger charge is 2.54. The fraction of sp³-hybridized carbons (Fsp3) is 0.526. The van der Waals surface area contributed by atoms with E-state index in [0.717, 1.165) is 24.0 Å². The van der Waals surface area contributed by atoms with Crippen molar-refractivity contribution in [1.29, 1.82) is 0 Å². The molecule has 4 rings (SSSR count). The van der Waals surface area contributed by atoms with Crippen molar-refractivity contribution >= 4 is 16.9 Å². The third-order valence-corrected chi connectivity index (χ3v) is 5.54. The highest BCUT2D eigenvalue weighted by Crippen LogP contribution is 2.44. The molecule has 1 aromatic carbocycles. The van der Waals surface area contributed by atoms with Gasteiger partial charge in [0.05, 0.1) is 19.8 Å². The number of furan rings is 1. The van der Waals surface area contributed by atoms with Crippen molar-refractivity contribution in [3.8, 4) is 5.75 Å². The second-order valence-electron chi connectivity index (χ2n) is 6.82. The third kappa shape index (κ3) is 2.60. The van der Waals surface area contributed by atoms with Gasteiger partial charge in [-0.05, 0) is 25.5 Å². The Morgan fingerprint density at radius 1 is 1.36 bits per heavy atom. The molecule has 4 atom stereocenters. The SMILES string of the molecule is COC[C@@H]1[C@H](NC(=O)c2oc3cc(OC)ccc3c2C)[C@@H]2CCO[C@H]12. The fourth-order valence-electron chi connectivity index (χ4n) is 4.20. The summed E-state index contributed by atoms with van der Waals surface area (Å²) >= 11 is 0. The molecule has 1 saturated carbocycles. The zero-order chi connectivity index (χ0) is 17.6. The van der Waals surface area contributed by atoms with Crippen LogP contribution in [0.25, 0.3) is 11.0 Å². The summed E-state index contributed by atoms with van der Waals surface area (Å²) in [5.41, 5.74) is 1.50. The zero-order valence-corrected chi connectivity index (χ0v) is 14.7. The number of hydrogen-bond acceptors (Lipinski definition) is 5. The highest BCUT2D eigenvalue weighted by atomic mass is 16.5. The van der Waals surface area contributed by atoms with Gasteiger partial charge in [-0.3, -0.25) is 4.79 Å². The molecule has 6 heteroatoms. The van der Waals surface area contributed by atoms with Crippen LogP contribution in [0, 0.1) is 18.8 Å². The van der Waals surface area contributed by atoms with Crippen LogP contribution in [0.3, 0.4) is 0 Å². The van der Waals surface area contributed by atoms with E-state index in [2.05, 4.69) is 5.32 Å².